The molecule has 2 heterocycles. The van der Waals surface area contributed by atoms with Gasteiger partial charge in [-0.25, -0.2) is 23.6 Å². The third kappa shape index (κ3) is 8.22. The number of nitrogens with zero attached hydrogens (tertiary/aromatic N) is 2. The van der Waals surface area contributed by atoms with Gasteiger partial charge in [0.25, 0.3) is 0 Å². The van der Waals surface area contributed by atoms with Gasteiger partial charge >= 0.3 is 35.8 Å². The first-order valence-electron chi connectivity index (χ1n) is 20.8. The highest BCUT2D eigenvalue weighted by atomic mass is 35.5. The van der Waals surface area contributed by atoms with Crippen LogP contribution in [0.1, 0.15) is 68.7 Å². The fourth-order valence-corrected chi connectivity index (χ4v) is 9.41. The molecule has 0 aliphatic carbocycles. The second-order valence-electron chi connectivity index (χ2n) is 16.6. The number of ether oxygens (including phenoxy) is 1. The largest absolute Gasteiger partial charge is 0.478 e. The molecule has 8 rings (SSSR count). The first-order valence-corrected chi connectivity index (χ1v) is 21.6. The molecule has 0 spiro atoms. The first kappa shape index (κ1) is 49.3. The number of carbonyl (C=O) groups excluding carboxylic acids is 1. The van der Waals surface area contributed by atoms with Crippen LogP contribution in [0.3, 0.4) is 0 Å². The number of hydrogen-bond donors (Lipinski definition) is 2. The number of carboxylic acid groups (broad SMARTS) is 1. The molecule has 2 aromatic heterocycles. The Kier molecular flexibility index (Phi) is 12.4. The van der Waals surface area contributed by atoms with E-state index in [0.29, 0.717) is 0 Å². The van der Waals surface area contributed by atoms with Crippen LogP contribution in [0.15, 0.2) is 134 Å². The quantitative estimate of drug-likeness (QED) is 0.0952. The summed E-state index contributed by atoms with van der Waals surface area (Å²) >= 11 is 13.3. The van der Waals surface area contributed by atoms with Crippen LogP contribution in [-0.4, -0.2) is 43.6 Å². The molecule has 70 heavy (non-hydrogen) atoms. The van der Waals surface area contributed by atoms with E-state index in [4.69, 9.17) is 36.8 Å². The summed E-state index contributed by atoms with van der Waals surface area (Å²) < 4.78 is 126. The van der Waals surface area contributed by atoms with Crippen LogP contribution in [0, 0.1) is 5.82 Å². The van der Waals surface area contributed by atoms with Gasteiger partial charge in [0.05, 0.1) is 22.2 Å². The van der Waals surface area contributed by atoms with Gasteiger partial charge in [-0.3, -0.25) is 9.13 Å². The Balaban J connectivity index is 1.17. The number of aryl methyl sites for hydroxylation is 2. The van der Waals surface area contributed by atoms with Gasteiger partial charge in [-0.1, -0.05) is 91.6 Å². The maximum atomic E-state index is 16.2. The Morgan fingerprint density at radius 3 is 1.63 bits per heavy atom. The lowest BCUT2D eigenvalue weighted by Gasteiger charge is -2.40. The molecule has 6 aromatic carbocycles. The van der Waals surface area contributed by atoms with Crippen molar-refractivity contribution in [2.45, 2.75) is 49.2 Å². The fourth-order valence-electron chi connectivity index (χ4n) is 8.72. The number of carboxylic acids is 1. The van der Waals surface area contributed by atoms with Gasteiger partial charge in [-0.15, -0.1) is 0 Å². The summed E-state index contributed by atoms with van der Waals surface area (Å²) in [6.45, 7) is 2.20. The number of aromatic nitrogens is 2. The number of benzene rings is 6. The van der Waals surface area contributed by atoms with Crippen molar-refractivity contribution in [1.82, 2.24) is 9.13 Å². The van der Waals surface area contributed by atoms with Gasteiger partial charge in [0.1, 0.15) is 5.82 Å². The highest BCUT2D eigenvalue weighted by Crippen LogP contribution is 2.54. The minimum atomic E-state index is -5.45. The second kappa shape index (κ2) is 17.7. The molecule has 0 bridgehead atoms. The number of halogens is 9. The lowest BCUT2D eigenvalue weighted by molar-refractivity contribution is -0.274. The number of aromatic carboxylic acids is 1. The number of oxazole rings is 2. The van der Waals surface area contributed by atoms with E-state index in [0.717, 1.165) is 59.4 Å². The number of esters is 1. The smallest absolute Gasteiger partial charge is 0.433 e. The summed E-state index contributed by atoms with van der Waals surface area (Å²) in [6, 6.07) is 22.1. The van der Waals surface area contributed by atoms with Crippen molar-refractivity contribution in [1.29, 1.82) is 0 Å². The van der Waals surface area contributed by atoms with Gasteiger partial charge in [0.15, 0.2) is 16.8 Å². The maximum absolute atomic E-state index is 16.2. The molecule has 8 aromatic rings. The van der Waals surface area contributed by atoms with Crippen LogP contribution < -0.4 is 11.5 Å². The molecule has 4 atom stereocenters. The Hall–Kier alpha value is -7.15. The molecule has 20 heteroatoms. The van der Waals surface area contributed by atoms with E-state index in [1.165, 1.54) is 93.0 Å². The van der Waals surface area contributed by atoms with E-state index < -0.39 is 86.9 Å². The number of alkyl halides is 6. The summed E-state index contributed by atoms with van der Waals surface area (Å²) in [5.74, 6) is -9.47. The zero-order valence-electron chi connectivity index (χ0n) is 36.7. The number of aliphatic hydroxyl groups is 1. The van der Waals surface area contributed by atoms with Gasteiger partial charge in [-0.2, -0.15) is 26.3 Å². The van der Waals surface area contributed by atoms with E-state index in [2.05, 4.69) is 0 Å². The zero-order valence-corrected chi connectivity index (χ0v) is 38.2. The topological polar surface area (TPSA) is 154 Å². The van der Waals surface area contributed by atoms with Crippen LogP contribution in [0.2, 0.25) is 10.0 Å². The highest BCUT2D eigenvalue weighted by Gasteiger charge is 2.64. The number of carbonyl (C=O) groups is 2. The molecule has 4 unspecified atom stereocenters. The normalized spacial score (nSPS) is 14.8. The second-order valence-corrected chi connectivity index (χ2v) is 17.4. The van der Waals surface area contributed by atoms with Crippen LogP contribution in [-0.2, 0) is 30.0 Å². The van der Waals surface area contributed by atoms with Crippen molar-refractivity contribution in [3.63, 3.8) is 0 Å². The van der Waals surface area contributed by atoms with Gasteiger partial charge in [-0.05, 0) is 99.6 Å². The predicted octanol–water partition coefficient (Wildman–Crippen LogP) is 12.0. The monoisotopic (exact) mass is 1010 g/mol. The Morgan fingerprint density at radius 1 is 0.629 bits per heavy atom. The summed E-state index contributed by atoms with van der Waals surface area (Å²) in [4.78, 5) is 50.4. The molecule has 0 fully saturated rings. The third-order valence-corrected chi connectivity index (χ3v) is 13.3. The van der Waals surface area contributed by atoms with Crippen LogP contribution >= 0.6 is 23.2 Å². The van der Waals surface area contributed by atoms with E-state index in [1.807, 2.05) is 0 Å². The summed E-state index contributed by atoms with van der Waals surface area (Å²) in [6.07, 6.45) is -10.7. The number of hydrogen-bond acceptors (Lipinski definition) is 8. The van der Waals surface area contributed by atoms with Crippen LogP contribution in [0.4, 0.5) is 30.7 Å². The average molecular weight is 1010 g/mol. The van der Waals surface area contributed by atoms with Crippen molar-refractivity contribution in [2.24, 2.45) is 14.1 Å². The standard InChI is InChI=1S/C50H35Cl2F7N2O9/c1-24(47(67,49(54,55)56)31-11-16-39-41(22-31)68-45(65)60(39)3)33-13-8-28(20-36(33)51)26-6-5-7-30(18-26)44(64)70-48(50(57,58)59,32-12-17-40-42(23-32)69-46(66)61(40)4)25(2)34-14-9-29(21-37(34)52)27-10-15-38(53)35(19-27)43(62)63/h5-25,67H,1-4H3,(H,62,63). The van der Waals surface area contributed by atoms with E-state index in [-0.39, 0.29) is 65.6 Å². The molecule has 0 saturated carbocycles. The van der Waals surface area contributed by atoms with Gasteiger partial charge < -0.3 is 23.8 Å². The van der Waals surface area contributed by atoms with E-state index in [1.54, 1.807) is 0 Å². The van der Waals surface area contributed by atoms with Gasteiger partial charge in [0.2, 0.25) is 5.60 Å². The van der Waals surface area contributed by atoms with Gasteiger partial charge in [0, 0.05) is 41.5 Å². The SMILES string of the molecule is CC(c1ccc(-c2cccc(C(=O)OC(c3ccc4c(c3)oc(=O)n4C)(C(C)c3ccc(-c4ccc(F)c(C(=O)O)c4)cc3Cl)C(F)(F)F)c2)cc1Cl)C(O)(c1ccc2c(c1)oc(=O)n2C)C(F)(F)F. The van der Waals surface area contributed by atoms with Crippen molar-refractivity contribution < 1.29 is 64.1 Å². The lowest BCUT2D eigenvalue weighted by Crippen LogP contribution is -2.50. The highest BCUT2D eigenvalue weighted by molar-refractivity contribution is 6.32. The van der Waals surface area contributed by atoms with Crippen LogP contribution in [0.25, 0.3) is 44.5 Å². The molecule has 0 aliphatic heterocycles. The minimum absolute atomic E-state index is 0.115. The van der Waals surface area contributed by atoms with Crippen molar-refractivity contribution in [3.8, 4) is 22.3 Å². The molecule has 0 radical (unpaired) electrons. The Bertz CT molecular complexity index is 3540. The maximum Gasteiger partial charge on any atom is 0.433 e. The summed E-state index contributed by atoms with van der Waals surface area (Å²) in [5.41, 5.74) is -9.36. The predicted molar refractivity (Wildman–Crippen MR) is 244 cm³/mol. The molecule has 362 valence electrons. The molecular formula is C50H35Cl2F7N2O9. The fraction of sp³-hybridized carbons (Fsp3) is 0.200. The molecule has 0 aliphatic rings. The third-order valence-electron chi connectivity index (χ3n) is 12.7. The summed E-state index contributed by atoms with van der Waals surface area (Å²) in [7, 11) is 2.69. The number of fused-ring (bicyclic) bond motifs is 2. The lowest BCUT2D eigenvalue weighted by atomic mass is 9.77. The van der Waals surface area contributed by atoms with Crippen molar-refractivity contribution >= 4 is 57.3 Å². The molecule has 2 N–H and O–H groups in total. The zero-order chi connectivity index (χ0) is 51.0. The Labute approximate surface area is 400 Å². The summed E-state index contributed by atoms with van der Waals surface area (Å²) in [5, 5.41) is 20.4. The molecule has 0 saturated heterocycles. The van der Waals surface area contributed by atoms with Crippen molar-refractivity contribution in [3.05, 3.63) is 186 Å². The average Bonchev–Trinajstić information content (AvgIpc) is 3.76. The van der Waals surface area contributed by atoms with Crippen LogP contribution in [0.5, 0.6) is 0 Å². The molecule has 0 amide bonds. The minimum Gasteiger partial charge on any atom is -0.478 e. The van der Waals surface area contributed by atoms with E-state index in [9.17, 15) is 47.0 Å². The number of rotatable bonds is 11. The Morgan fingerprint density at radius 2 is 1.11 bits per heavy atom. The molecular weight excluding hydrogens is 976 g/mol. The van der Waals surface area contributed by atoms with E-state index >= 15 is 13.2 Å². The van der Waals surface area contributed by atoms with Crippen molar-refractivity contribution in [2.75, 3.05) is 0 Å². The first-order chi connectivity index (χ1) is 32.8. The molecule has 11 nitrogen and oxygen atoms in total.